The van der Waals surface area contributed by atoms with Crippen molar-refractivity contribution in [3.63, 3.8) is 0 Å². The summed E-state index contributed by atoms with van der Waals surface area (Å²) in [5, 5.41) is 4.99. The number of fused-ring (bicyclic) bond motifs is 1. The van der Waals surface area contributed by atoms with Gasteiger partial charge in [-0.3, -0.25) is 9.59 Å². The van der Waals surface area contributed by atoms with E-state index in [2.05, 4.69) is 37.0 Å². The van der Waals surface area contributed by atoms with E-state index in [0.717, 1.165) is 4.47 Å². The number of carbonyl (C=O) groups excluding carboxylic acids is 1. The summed E-state index contributed by atoms with van der Waals surface area (Å²) in [6.45, 7) is 7.98. The van der Waals surface area contributed by atoms with Gasteiger partial charge in [0, 0.05) is 33.0 Å². The highest BCUT2D eigenvalue weighted by atomic mass is 79.9. The van der Waals surface area contributed by atoms with Gasteiger partial charge in [-0.2, -0.15) is 9.78 Å². The molecule has 37 heavy (non-hydrogen) atoms. The van der Waals surface area contributed by atoms with E-state index in [1.807, 2.05) is 32.9 Å². The van der Waals surface area contributed by atoms with Crippen molar-refractivity contribution in [3.8, 4) is 11.5 Å². The Labute approximate surface area is 231 Å². The summed E-state index contributed by atoms with van der Waals surface area (Å²) in [6.07, 6.45) is 1.57. The number of halogens is 2. The number of methoxy groups -OCH3 is 1. The molecule has 11 heteroatoms. The van der Waals surface area contributed by atoms with Gasteiger partial charge in [-0.1, -0.05) is 36.7 Å². The Balaban J connectivity index is 1.65. The molecule has 9 nitrogen and oxygen atoms in total. The van der Waals surface area contributed by atoms with Crippen molar-refractivity contribution in [2.75, 3.05) is 40.0 Å². The second-order valence-corrected chi connectivity index (χ2v) is 11.3. The Hall–Kier alpha value is -2.76. The van der Waals surface area contributed by atoms with E-state index in [9.17, 15) is 9.59 Å². The highest BCUT2D eigenvalue weighted by molar-refractivity contribution is 9.10. The van der Waals surface area contributed by atoms with Crippen molar-refractivity contribution >= 4 is 54.9 Å². The Morgan fingerprint density at radius 1 is 1.16 bits per heavy atom. The van der Waals surface area contributed by atoms with Crippen LogP contribution < -0.4 is 15.0 Å². The molecule has 1 amide bonds. The lowest BCUT2D eigenvalue weighted by Crippen LogP contribution is -2.43. The lowest BCUT2D eigenvalue weighted by atomic mass is 9.95. The standard InChI is InChI=1S/C26H28Br2N4O5/c1-26(2,3)25-30-20-6-5-17(27)12-18(20)24(34)32(25)29-14-16-11-21(35-4)22(13-19(16)28)37-15-23(33)31-7-9-36-10-8-31/h5-6,11-14H,7-10,15H2,1-4H3. The lowest BCUT2D eigenvalue weighted by Gasteiger charge is -2.26. The molecule has 196 valence electrons. The van der Waals surface area contributed by atoms with E-state index in [1.54, 1.807) is 29.3 Å². The summed E-state index contributed by atoms with van der Waals surface area (Å²) in [5.74, 6) is 1.27. The van der Waals surface area contributed by atoms with Crippen LogP contribution in [0.4, 0.5) is 0 Å². The molecule has 0 radical (unpaired) electrons. The molecule has 0 bridgehead atoms. The zero-order valence-corrected chi connectivity index (χ0v) is 24.3. The maximum absolute atomic E-state index is 13.4. The molecule has 3 aromatic rings. The van der Waals surface area contributed by atoms with Gasteiger partial charge < -0.3 is 19.1 Å². The van der Waals surface area contributed by atoms with E-state index < -0.39 is 5.41 Å². The third kappa shape index (κ3) is 6.22. The molecule has 0 aliphatic carbocycles. The average Bonchev–Trinajstić information content (AvgIpc) is 2.87. The van der Waals surface area contributed by atoms with Crippen molar-refractivity contribution in [1.82, 2.24) is 14.6 Å². The summed E-state index contributed by atoms with van der Waals surface area (Å²) in [4.78, 5) is 32.3. The number of aromatic nitrogens is 2. The number of hydrogen-bond donors (Lipinski definition) is 0. The maximum Gasteiger partial charge on any atom is 0.282 e. The van der Waals surface area contributed by atoms with Gasteiger partial charge >= 0.3 is 0 Å². The topological polar surface area (TPSA) is 95.2 Å². The smallest absolute Gasteiger partial charge is 0.282 e. The van der Waals surface area contributed by atoms with Crippen LogP contribution in [0.25, 0.3) is 10.9 Å². The fraction of sp³-hybridized carbons (Fsp3) is 0.385. The number of amides is 1. The normalized spacial score (nSPS) is 14.4. The molecule has 0 unspecified atom stereocenters. The van der Waals surface area contributed by atoms with E-state index in [1.165, 1.54) is 11.8 Å². The van der Waals surface area contributed by atoms with Gasteiger partial charge in [0.1, 0.15) is 5.82 Å². The molecule has 4 rings (SSSR count). The molecule has 0 atom stereocenters. The third-order valence-corrected chi connectivity index (χ3v) is 6.97. The fourth-order valence-corrected chi connectivity index (χ4v) is 4.61. The van der Waals surface area contributed by atoms with Crippen molar-refractivity contribution in [1.29, 1.82) is 0 Å². The molecule has 2 aromatic carbocycles. The van der Waals surface area contributed by atoms with Crippen molar-refractivity contribution in [2.45, 2.75) is 26.2 Å². The van der Waals surface area contributed by atoms with Gasteiger partial charge in [-0.05, 0) is 46.3 Å². The zero-order valence-electron chi connectivity index (χ0n) is 21.1. The molecule has 2 heterocycles. The van der Waals surface area contributed by atoms with Crippen LogP contribution in [0.15, 0.2) is 49.2 Å². The summed E-state index contributed by atoms with van der Waals surface area (Å²) in [5.41, 5.74) is 0.569. The first-order valence-electron chi connectivity index (χ1n) is 11.7. The molecule has 0 N–H and O–H groups in total. The molecule has 1 fully saturated rings. The Morgan fingerprint density at radius 3 is 2.57 bits per heavy atom. The predicted octanol–water partition coefficient (Wildman–Crippen LogP) is 4.35. The first-order valence-corrected chi connectivity index (χ1v) is 13.3. The van der Waals surface area contributed by atoms with Gasteiger partial charge in [0.05, 0.1) is 37.4 Å². The molecule has 0 spiro atoms. The SMILES string of the molecule is COc1cc(C=Nn2c(C(C)(C)C)nc3ccc(Br)cc3c2=O)c(Br)cc1OCC(=O)N1CCOCC1. The summed E-state index contributed by atoms with van der Waals surface area (Å²) >= 11 is 6.97. The number of ether oxygens (including phenoxy) is 3. The zero-order chi connectivity index (χ0) is 26.7. The van der Waals surface area contributed by atoms with Gasteiger partial charge in [-0.25, -0.2) is 4.98 Å². The van der Waals surface area contributed by atoms with Crippen molar-refractivity contribution in [3.05, 3.63) is 61.0 Å². The summed E-state index contributed by atoms with van der Waals surface area (Å²) in [6, 6.07) is 8.86. The van der Waals surface area contributed by atoms with Crippen LogP contribution >= 0.6 is 31.9 Å². The average molecular weight is 636 g/mol. The number of carbonyl (C=O) groups is 1. The maximum atomic E-state index is 13.4. The van der Waals surface area contributed by atoms with Crippen LogP contribution in [0.2, 0.25) is 0 Å². The number of hydrogen-bond acceptors (Lipinski definition) is 7. The van der Waals surface area contributed by atoms with Crippen molar-refractivity contribution in [2.24, 2.45) is 5.10 Å². The molecule has 1 aliphatic rings. The molecule has 1 aliphatic heterocycles. The lowest BCUT2D eigenvalue weighted by molar-refractivity contribution is -0.137. The van der Waals surface area contributed by atoms with E-state index in [-0.39, 0.29) is 18.1 Å². The molecule has 1 aromatic heterocycles. The molecular weight excluding hydrogens is 608 g/mol. The van der Waals surface area contributed by atoms with Gasteiger partial charge in [-0.15, -0.1) is 0 Å². The Kier molecular flexibility index (Phi) is 8.35. The monoisotopic (exact) mass is 634 g/mol. The summed E-state index contributed by atoms with van der Waals surface area (Å²) < 4.78 is 19.4. The number of nitrogens with zero attached hydrogens (tertiary/aromatic N) is 4. The predicted molar refractivity (Wildman–Crippen MR) is 149 cm³/mol. The quantitative estimate of drug-likeness (QED) is 0.374. The van der Waals surface area contributed by atoms with Crippen LogP contribution in [0.1, 0.15) is 32.2 Å². The van der Waals surface area contributed by atoms with E-state index in [0.29, 0.717) is 64.6 Å². The second kappa shape index (κ2) is 11.3. The fourth-order valence-electron chi connectivity index (χ4n) is 3.83. The van der Waals surface area contributed by atoms with E-state index in [4.69, 9.17) is 19.2 Å². The largest absolute Gasteiger partial charge is 0.493 e. The second-order valence-electron chi connectivity index (χ2n) is 9.51. The highest BCUT2D eigenvalue weighted by Crippen LogP contribution is 2.33. The number of rotatable bonds is 6. The van der Waals surface area contributed by atoms with Crippen LogP contribution in [0, 0.1) is 0 Å². The first-order chi connectivity index (χ1) is 17.6. The van der Waals surface area contributed by atoms with E-state index >= 15 is 0 Å². The van der Waals surface area contributed by atoms with Crippen LogP contribution in [-0.4, -0.2) is 66.7 Å². The third-order valence-electron chi connectivity index (χ3n) is 5.79. The Morgan fingerprint density at radius 2 is 1.89 bits per heavy atom. The minimum Gasteiger partial charge on any atom is -0.493 e. The molecular formula is C26H28Br2N4O5. The molecule has 0 saturated carbocycles. The Bertz CT molecular complexity index is 1410. The van der Waals surface area contributed by atoms with Gasteiger partial charge in [0.2, 0.25) is 0 Å². The molecule has 1 saturated heterocycles. The van der Waals surface area contributed by atoms with Crippen molar-refractivity contribution < 1.29 is 19.0 Å². The van der Waals surface area contributed by atoms with Gasteiger partial charge in [0.25, 0.3) is 11.5 Å². The number of morpholine rings is 1. The van der Waals surface area contributed by atoms with Crippen LogP contribution in [-0.2, 0) is 14.9 Å². The number of benzene rings is 2. The van der Waals surface area contributed by atoms with Gasteiger partial charge in [0.15, 0.2) is 18.1 Å². The summed E-state index contributed by atoms with van der Waals surface area (Å²) in [7, 11) is 1.52. The minimum atomic E-state index is -0.433. The highest BCUT2D eigenvalue weighted by Gasteiger charge is 2.23. The van der Waals surface area contributed by atoms with Crippen LogP contribution in [0.3, 0.4) is 0 Å². The van der Waals surface area contributed by atoms with Crippen LogP contribution in [0.5, 0.6) is 11.5 Å². The minimum absolute atomic E-state index is 0.112. The first kappa shape index (κ1) is 27.3.